The van der Waals surface area contributed by atoms with Crippen molar-refractivity contribution < 1.29 is 4.79 Å². The van der Waals surface area contributed by atoms with Gasteiger partial charge in [0.1, 0.15) is 0 Å². The SMILES string of the molecule is CN(CCCCl)C(N)=O. The molecule has 0 heterocycles. The standard InChI is InChI=1S/C5H11ClN2O/c1-8(5(7)9)4-2-3-6/h2-4H2,1H3,(H2,7,9). The summed E-state index contributed by atoms with van der Waals surface area (Å²) in [6.45, 7) is 0.638. The van der Waals surface area contributed by atoms with E-state index in [1.165, 1.54) is 4.90 Å². The molecule has 0 aromatic rings. The van der Waals surface area contributed by atoms with Gasteiger partial charge in [-0.3, -0.25) is 0 Å². The maximum absolute atomic E-state index is 10.3. The number of rotatable bonds is 3. The van der Waals surface area contributed by atoms with Crippen LogP contribution in [0.5, 0.6) is 0 Å². The molecule has 0 saturated heterocycles. The number of nitrogens with two attached hydrogens (primary N) is 1. The van der Waals surface area contributed by atoms with E-state index in [1.807, 2.05) is 0 Å². The van der Waals surface area contributed by atoms with Crippen LogP contribution in [0.4, 0.5) is 4.79 Å². The monoisotopic (exact) mass is 150 g/mol. The number of halogens is 1. The molecule has 0 aliphatic heterocycles. The van der Waals surface area contributed by atoms with Gasteiger partial charge in [0, 0.05) is 19.5 Å². The lowest BCUT2D eigenvalue weighted by atomic mass is 10.4. The highest BCUT2D eigenvalue weighted by Crippen LogP contribution is 1.88. The molecule has 0 aromatic heterocycles. The number of amides is 2. The highest BCUT2D eigenvalue weighted by atomic mass is 35.5. The summed E-state index contributed by atoms with van der Waals surface area (Å²) >= 11 is 5.37. The number of hydrogen-bond acceptors (Lipinski definition) is 1. The van der Waals surface area contributed by atoms with Crippen LogP contribution >= 0.6 is 11.6 Å². The quantitative estimate of drug-likeness (QED) is 0.590. The number of primary amides is 1. The first-order valence-electron chi connectivity index (χ1n) is 2.75. The van der Waals surface area contributed by atoms with Crippen LogP contribution in [0.2, 0.25) is 0 Å². The van der Waals surface area contributed by atoms with Gasteiger partial charge in [0.05, 0.1) is 0 Å². The van der Waals surface area contributed by atoms with Gasteiger partial charge in [0.25, 0.3) is 0 Å². The number of carbonyl (C=O) groups excluding carboxylic acids is 1. The molecule has 0 fully saturated rings. The molecule has 0 radical (unpaired) electrons. The fraction of sp³-hybridized carbons (Fsp3) is 0.800. The molecule has 2 N–H and O–H groups in total. The summed E-state index contributed by atoms with van der Waals surface area (Å²) in [4.78, 5) is 11.7. The van der Waals surface area contributed by atoms with Crippen LogP contribution in [0, 0.1) is 0 Å². The van der Waals surface area contributed by atoms with Crippen molar-refractivity contribution in [2.75, 3.05) is 19.5 Å². The molecule has 4 heteroatoms. The molecule has 2 amide bonds. The third-order valence-electron chi connectivity index (χ3n) is 1.00. The fourth-order valence-electron chi connectivity index (χ4n) is 0.407. The van der Waals surface area contributed by atoms with Gasteiger partial charge in [-0.2, -0.15) is 0 Å². The van der Waals surface area contributed by atoms with Crippen molar-refractivity contribution >= 4 is 17.6 Å². The predicted molar refractivity (Wildman–Crippen MR) is 37.6 cm³/mol. The lowest BCUT2D eigenvalue weighted by Crippen LogP contribution is -2.32. The molecule has 54 valence electrons. The molecule has 0 atom stereocenters. The zero-order valence-corrected chi connectivity index (χ0v) is 6.19. The smallest absolute Gasteiger partial charge is 0.314 e. The maximum atomic E-state index is 10.3. The Kier molecular flexibility index (Phi) is 4.22. The maximum Gasteiger partial charge on any atom is 0.314 e. The summed E-state index contributed by atoms with van der Waals surface area (Å²) in [5.41, 5.74) is 4.92. The molecule has 0 aliphatic carbocycles. The van der Waals surface area contributed by atoms with E-state index in [4.69, 9.17) is 17.3 Å². The lowest BCUT2D eigenvalue weighted by Gasteiger charge is -2.11. The minimum Gasteiger partial charge on any atom is -0.351 e. The molecule has 0 aliphatic rings. The van der Waals surface area contributed by atoms with Crippen LogP contribution in [0.25, 0.3) is 0 Å². The van der Waals surface area contributed by atoms with E-state index < -0.39 is 6.03 Å². The third-order valence-corrected chi connectivity index (χ3v) is 1.27. The van der Waals surface area contributed by atoms with E-state index in [0.717, 1.165) is 6.42 Å². The Morgan fingerprint density at radius 3 is 2.67 bits per heavy atom. The number of carbonyl (C=O) groups is 1. The van der Waals surface area contributed by atoms with Gasteiger partial charge in [0.2, 0.25) is 0 Å². The topological polar surface area (TPSA) is 46.3 Å². The van der Waals surface area contributed by atoms with Gasteiger partial charge in [-0.1, -0.05) is 0 Å². The van der Waals surface area contributed by atoms with Gasteiger partial charge in [0.15, 0.2) is 0 Å². The van der Waals surface area contributed by atoms with Gasteiger partial charge < -0.3 is 10.6 Å². The van der Waals surface area contributed by atoms with E-state index in [9.17, 15) is 4.79 Å². The van der Waals surface area contributed by atoms with Crippen molar-refractivity contribution in [2.45, 2.75) is 6.42 Å². The Hall–Kier alpha value is -0.440. The van der Waals surface area contributed by atoms with Crippen LogP contribution in [0.1, 0.15) is 6.42 Å². The number of hydrogen-bond donors (Lipinski definition) is 1. The van der Waals surface area contributed by atoms with Crippen LogP contribution in [-0.4, -0.2) is 30.4 Å². The van der Waals surface area contributed by atoms with E-state index >= 15 is 0 Å². The van der Waals surface area contributed by atoms with Crippen LogP contribution in [-0.2, 0) is 0 Å². The second kappa shape index (κ2) is 4.44. The van der Waals surface area contributed by atoms with Crippen molar-refractivity contribution in [1.82, 2.24) is 4.90 Å². The zero-order valence-electron chi connectivity index (χ0n) is 5.43. The molecule has 0 rings (SSSR count). The van der Waals surface area contributed by atoms with Crippen molar-refractivity contribution in [3.8, 4) is 0 Å². The summed E-state index contributed by atoms with van der Waals surface area (Å²) in [5.74, 6) is 0.567. The average Bonchev–Trinajstić information content (AvgIpc) is 1.82. The number of alkyl halides is 1. The number of urea groups is 1. The largest absolute Gasteiger partial charge is 0.351 e. The van der Waals surface area contributed by atoms with Crippen LogP contribution in [0.15, 0.2) is 0 Å². The van der Waals surface area contributed by atoms with Crippen molar-refractivity contribution in [3.05, 3.63) is 0 Å². The second-order valence-corrected chi connectivity index (χ2v) is 2.18. The lowest BCUT2D eigenvalue weighted by molar-refractivity contribution is 0.218. The molecule has 9 heavy (non-hydrogen) atoms. The molecule has 0 saturated carbocycles. The first-order chi connectivity index (χ1) is 4.18. The third kappa shape index (κ3) is 4.09. The molecule has 0 spiro atoms. The molecular formula is C5H11ClN2O. The minimum atomic E-state index is -0.403. The Bertz CT molecular complexity index is 97.0. The molecule has 0 unspecified atom stereocenters. The molecule has 0 aromatic carbocycles. The number of nitrogens with zero attached hydrogens (tertiary/aromatic N) is 1. The zero-order chi connectivity index (χ0) is 7.28. The Balaban J connectivity index is 3.27. The average molecular weight is 151 g/mol. The molecule has 0 bridgehead atoms. The first-order valence-corrected chi connectivity index (χ1v) is 3.28. The minimum absolute atomic E-state index is 0.403. The summed E-state index contributed by atoms with van der Waals surface area (Å²) < 4.78 is 0. The van der Waals surface area contributed by atoms with Gasteiger partial charge in [-0.05, 0) is 6.42 Å². The highest BCUT2D eigenvalue weighted by Gasteiger charge is 1.99. The molecular weight excluding hydrogens is 140 g/mol. The summed E-state index contributed by atoms with van der Waals surface area (Å²) in [6, 6.07) is -0.403. The summed E-state index contributed by atoms with van der Waals surface area (Å²) in [6.07, 6.45) is 0.793. The molecule has 3 nitrogen and oxygen atoms in total. The van der Waals surface area contributed by atoms with Gasteiger partial charge >= 0.3 is 6.03 Å². The highest BCUT2D eigenvalue weighted by molar-refractivity contribution is 6.17. The van der Waals surface area contributed by atoms with E-state index in [0.29, 0.717) is 12.4 Å². The predicted octanol–water partition coefficient (Wildman–Crippen LogP) is 0.626. The second-order valence-electron chi connectivity index (χ2n) is 1.80. The normalized spacial score (nSPS) is 9.11. The van der Waals surface area contributed by atoms with E-state index in [-0.39, 0.29) is 0 Å². The Morgan fingerprint density at radius 1 is 1.78 bits per heavy atom. The fourth-order valence-corrected chi connectivity index (χ4v) is 0.527. The van der Waals surface area contributed by atoms with Gasteiger partial charge in [-0.25, -0.2) is 4.79 Å². The van der Waals surface area contributed by atoms with Crippen LogP contribution < -0.4 is 5.73 Å². The summed E-state index contributed by atoms with van der Waals surface area (Å²) in [7, 11) is 1.65. The van der Waals surface area contributed by atoms with E-state index in [1.54, 1.807) is 7.05 Å². The van der Waals surface area contributed by atoms with Crippen molar-refractivity contribution in [3.63, 3.8) is 0 Å². The van der Waals surface area contributed by atoms with E-state index in [2.05, 4.69) is 0 Å². The first kappa shape index (κ1) is 8.56. The summed E-state index contributed by atoms with van der Waals surface area (Å²) in [5, 5.41) is 0. The van der Waals surface area contributed by atoms with Crippen LogP contribution in [0.3, 0.4) is 0 Å². The van der Waals surface area contributed by atoms with Gasteiger partial charge in [-0.15, -0.1) is 11.6 Å². The Labute approximate surface area is 59.8 Å². The Morgan fingerprint density at radius 2 is 2.33 bits per heavy atom. The van der Waals surface area contributed by atoms with Crippen molar-refractivity contribution in [1.29, 1.82) is 0 Å². The van der Waals surface area contributed by atoms with Crippen molar-refractivity contribution in [2.24, 2.45) is 5.73 Å².